The van der Waals surface area contributed by atoms with Crippen LogP contribution in [0.25, 0.3) is 22.3 Å². The second kappa shape index (κ2) is 9.40. The molecule has 1 saturated heterocycles. The van der Waals surface area contributed by atoms with Crippen molar-refractivity contribution in [3.05, 3.63) is 82.3 Å². The minimum Gasteiger partial charge on any atom is -0.440 e. The average molecular weight is 480 g/mol. The molecule has 0 atom stereocenters. The fourth-order valence-electron chi connectivity index (χ4n) is 4.24. The van der Waals surface area contributed by atoms with E-state index in [-0.39, 0.29) is 11.4 Å². The number of hydrogen-bond donors (Lipinski definition) is 0. The molecule has 0 unspecified atom stereocenters. The van der Waals surface area contributed by atoms with Crippen LogP contribution in [0, 0.1) is 0 Å². The molecular weight excluding hydrogens is 457 g/mol. The third-order valence-corrected chi connectivity index (χ3v) is 6.03. The van der Waals surface area contributed by atoms with Gasteiger partial charge in [0, 0.05) is 24.7 Å². The van der Waals surface area contributed by atoms with E-state index in [1.54, 1.807) is 30.3 Å². The summed E-state index contributed by atoms with van der Waals surface area (Å²) in [5.74, 6) is 1.17. The van der Waals surface area contributed by atoms with Gasteiger partial charge in [0.25, 0.3) is 5.56 Å². The summed E-state index contributed by atoms with van der Waals surface area (Å²) in [7, 11) is 0. The van der Waals surface area contributed by atoms with Crippen LogP contribution in [-0.4, -0.2) is 29.0 Å². The quantitative estimate of drug-likeness (QED) is 0.339. The van der Waals surface area contributed by atoms with Gasteiger partial charge < -0.3 is 9.32 Å². The molecule has 0 bridgehead atoms. The predicted molar refractivity (Wildman–Crippen MR) is 129 cm³/mol. The number of alkyl halides is 3. The van der Waals surface area contributed by atoms with Crippen LogP contribution in [0.5, 0.6) is 0 Å². The van der Waals surface area contributed by atoms with Crippen LogP contribution >= 0.6 is 0 Å². The van der Waals surface area contributed by atoms with Gasteiger partial charge in [-0.15, -0.1) is 0 Å². The molecule has 0 amide bonds. The number of halogens is 3. The lowest BCUT2D eigenvalue weighted by atomic mass is 10.1. The van der Waals surface area contributed by atoms with Crippen molar-refractivity contribution in [1.82, 2.24) is 9.66 Å². The van der Waals surface area contributed by atoms with E-state index in [2.05, 4.69) is 15.0 Å². The highest BCUT2D eigenvalue weighted by Crippen LogP contribution is 2.32. The van der Waals surface area contributed by atoms with Gasteiger partial charge in [-0.1, -0.05) is 37.1 Å². The molecule has 2 aromatic heterocycles. The normalized spacial score (nSPS) is 15.1. The van der Waals surface area contributed by atoms with Gasteiger partial charge in [0.05, 0.1) is 22.7 Å². The Morgan fingerprint density at radius 3 is 2.49 bits per heavy atom. The summed E-state index contributed by atoms with van der Waals surface area (Å²) in [5, 5.41) is 4.60. The zero-order valence-corrected chi connectivity index (χ0v) is 18.8. The Labute approximate surface area is 199 Å². The van der Waals surface area contributed by atoms with Gasteiger partial charge in [-0.25, -0.2) is 4.98 Å². The van der Waals surface area contributed by atoms with Crippen LogP contribution in [-0.2, 0) is 6.18 Å². The molecule has 2 aromatic carbocycles. The number of benzene rings is 2. The van der Waals surface area contributed by atoms with Crippen molar-refractivity contribution in [3.8, 4) is 11.4 Å². The molecule has 0 N–H and O–H groups in total. The SMILES string of the molecule is O=c1c2ccccc2nc(-c2cccc(C(F)(F)F)c2)n1N=Cc1ccc(N2CCCCCC2)o1. The number of hydrogen-bond acceptors (Lipinski definition) is 5. The van der Waals surface area contributed by atoms with E-state index in [0.717, 1.165) is 48.6 Å². The largest absolute Gasteiger partial charge is 0.440 e. The maximum atomic E-state index is 13.3. The van der Waals surface area contributed by atoms with Crippen LogP contribution in [0.4, 0.5) is 19.1 Å². The minimum atomic E-state index is -4.53. The maximum absolute atomic E-state index is 13.3. The second-order valence-electron chi connectivity index (χ2n) is 8.47. The number of nitrogens with zero attached hydrogens (tertiary/aromatic N) is 4. The van der Waals surface area contributed by atoms with Crippen LogP contribution in [0.2, 0.25) is 0 Å². The van der Waals surface area contributed by atoms with Gasteiger partial charge in [0.1, 0.15) is 5.76 Å². The Morgan fingerprint density at radius 1 is 0.943 bits per heavy atom. The van der Waals surface area contributed by atoms with Crippen molar-refractivity contribution >= 4 is 23.0 Å². The molecule has 9 heteroatoms. The molecule has 1 aliphatic rings. The summed E-state index contributed by atoms with van der Waals surface area (Å²) in [6.07, 6.45) is 1.45. The second-order valence-corrected chi connectivity index (χ2v) is 8.47. The van der Waals surface area contributed by atoms with E-state index >= 15 is 0 Å². The van der Waals surface area contributed by atoms with Crippen molar-refractivity contribution in [2.24, 2.45) is 5.10 Å². The highest BCUT2D eigenvalue weighted by molar-refractivity contribution is 5.81. The molecule has 5 rings (SSSR count). The van der Waals surface area contributed by atoms with Crippen molar-refractivity contribution in [2.45, 2.75) is 31.9 Å². The number of anilines is 1. The molecular formula is C26H23F3N4O2. The summed E-state index contributed by atoms with van der Waals surface area (Å²) >= 11 is 0. The predicted octanol–water partition coefficient (Wildman–Crippen LogP) is 5.94. The first-order chi connectivity index (χ1) is 16.9. The first kappa shape index (κ1) is 22.9. The monoisotopic (exact) mass is 480 g/mol. The van der Waals surface area contributed by atoms with E-state index in [1.807, 2.05) is 6.07 Å². The topological polar surface area (TPSA) is 63.6 Å². The first-order valence-corrected chi connectivity index (χ1v) is 11.5. The molecule has 0 aliphatic carbocycles. The molecule has 3 heterocycles. The van der Waals surface area contributed by atoms with Gasteiger partial charge in [0.2, 0.25) is 0 Å². The van der Waals surface area contributed by atoms with Gasteiger partial charge in [0.15, 0.2) is 11.7 Å². The highest BCUT2D eigenvalue weighted by Gasteiger charge is 2.31. The lowest BCUT2D eigenvalue weighted by Gasteiger charge is -2.18. The summed E-state index contributed by atoms with van der Waals surface area (Å²) in [6.45, 7) is 1.83. The number of para-hydroxylation sites is 1. The molecule has 0 radical (unpaired) electrons. The zero-order chi connectivity index (χ0) is 24.4. The fraction of sp³-hybridized carbons (Fsp3) is 0.269. The van der Waals surface area contributed by atoms with E-state index in [0.29, 0.717) is 16.7 Å². The van der Waals surface area contributed by atoms with Crippen LogP contribution < -0.4 is 10.5 Å². The van der Waals surface area contributed by atoms with E-state index in [9.17, 15) is 18.0 Å². The summed E-state index contributed by atoms with van der Waals surface area (Å²) in [6, 6.07) is 15.0. The lowest BCUT2D eigenvalue weighted by Crippen LogP contribution is -2.23. The fourth-order valence-corrected chi connectivity index (χ4v) is 4.24. The molecule has 0 spiro atoms. The average Bonchev–Trinajstić information content (AvgIpc) is 3.16. The Kier molecular flexibility index (Phi) is 6.15. The van der Waals surface area contributed by atoms with E-state index in [1.165, 1.54) is 31.2 Å². The van der Waals surface area contributed by atoms with Gasteiger partial charge in [-0.2, -0.15) is 22.9 Å². The third kappa shape index (κ3) is 4.84. The van der Waals surface area contributed by atoms with Gasteiger partial charge >= 0.3 is 6.18 Å². The standard InChI is InChI=1S/C26H23F3N4O2/c27-26(28,29)19-9-7-8-18(16-19)24-31-22-11-4-3-10-21(22)25(34)33(24)30-17-20-12-13-23(35-20)32-14-5-1-2-6-15-32/h3-4,7-13,16-17H,1-2,5-6,14-15H2. The van der Waals surface area contributed by atoms with Crippen LogP contribution in [0.1, 0.15) is 37.0 Å². The van der Waals surface area contributed by atoms with Crippen LogP contribution in [0.3, 0.4) is 0 Å². The molecule has 1 aliphatic heterocycles. The number of aromatic nitrogens is 2. The Morgan fingerprint density at radius 2 is 1.71 bits per heavy atom. The number of fused-ring (bicyclic) bond motifs is 1. The highest BCUT2D eigenvalue weighted by atomic mass is 19.4. The van der Waals surface area contributed by atoms with Crippen molar-refractivity contribution in [3.63, 3.8) is 0 Å². The molecule has 1 fully saturated rings. The summed E-state index contributed by atoms with van der Waals surface area (Å²) in [5.41, 5.74) is -0.818. The molecule has 4 aromatic rings. The van der Waals surface area contributed by atoms with Crippen molar-refractivity contribution in [2.75, 3.05) is 18.0 Å². The van der Waals surface area contributed by atoms with Crippen molar-refractivity contribution in [1.29, 1.82) is 0 Å². The Balaban J connectivity index is 1.57. The Bertz CT molecular complexity index is 1430. The lowest BCUT2D eigenvalue weighted by molar-refractivity contribution is -0.137. The molecule has 35 heavy (non-hydrogen) atoms. The molecule has 0 saturated carbocycles. The van der Waals surface area contributed by atoms with E-state index in [4.69, 9.17) is 4.42 Å². The number of rotatable bonds is 4. The first-order valence-electron chi connectivity index (χ1n) is 11.5. The molecule has 6 nitrogen and oxygen atoms in total. The summed E-state index contributed by atoms with van der Waals surface area (Å²) < 4.78 is 46.9. The van der Waals surface area contributed by atoms with E-state index < -0.39 is 17.3 Å². The Hall–Kier alpha value is -3.88. The smallest absolute Gasteiger partial charge is 0.416 e. The number of furan rings is 1. The molecule has 180 valence electrons. The third-order valence-electron chi connectivity index (χ3n) is 6.03. The minimum absolute atomic E-state index is 0.00958. The van der Waals surface area contributed by atoms with Crippen LogP contribution in [0.15, 0.2) is 75.0 Å². The maximum Gasteiger partial charge on any atom is 0.416 e. The summed E-state index contributed by atoms with van der Waals surface area (Å²) in [4.78, 5) is 19.9. The van der Waals surface area contributed by atoms with Gasteiger partial charge in [-0.3, -0.25) is 4.79 Å². The van der Waals surface area contributed by atoms with Gasteiger partial charge in [-0.05, 0) is 43.2 Å². The zero-order valence-electron chi connectivity index (χ0n) is 18.8. The van der Waals surface area contributed by atoms with Crippen molar-refractivity contribution < 1.29 is 17.6 Å².